The highest BCUT2D eigenvalue weighted by Crippen LogP contribution is 2.54. The molecule has 80 valence electrons. The van der Waals surface area contributed by atoms with Gasteiger partial charge >= 0.3 is 0 Å². The van der Waals surface area contributed by atoms with Crippen LogP contribution in [0.2, 0.25) is 0 Å². The standard InChI is InChI=1S/C11H20N2O/c1-3-9-5-13-7-10(14)6-12-4-8(2)11(9,12)13/h8-10,14H,3-7H2,1-2H3. The van der Waals surface area contributed by atoms with Gasteiger partial charge < -0.3 is 5.11 Å². The topological polar surface area (TPSA) is 26.7 Å². The Balaban J connectivity index is 1.87. The molecule has 1 N–H and O–H groups in total. The van der Waals surface area contributed by atoms with Crippen molar-refractivity contribution < 1.29 is 5.11 Å². The summed E-state index contributed by atoms with van der Waals surface area (Å²) in [5.41, 5.74) is 0.369. The highest BCUT2D eigenvalue weighted by molar-refractivity contribution is 5.17. The molecular formula is C11H20N2O. The molecule has 0 aromatic heterocycles. The molecule has 0 amide bonds. The number of rotatable bonds is 1. The van der Waals surface area contributed by atoms with E-state index in [0.717, 1.165) is 24.9 Å². The lowest BCUT2D eigenvalue weighted by molar-refractivity contribution is -0.311. The average Bonchev–Trinajstić information content (AvgIpc) is 2.08. The Morgan fingerprint density at radius 3 is 2.36 bits per heavy atom. The quantitative estimate of drug-likeness (QED) is 0.655. The lowest BCUT2D eigenvalue weighted by Crippen LogP contribution is -2.88. The Kier molecular flexibility index (Phi) is 1.77. The number of hydrogen-bond donors (Lipinski definition) is 1. The van der Waals surface area contributed by atoms with Crippen LogP contribution in [0.25, 0.3) is 0 Å². The summed E-state index contributed by atoms with van der Waals surface area (Å²) in [6.45, 7) is 8.85. The van der Waals surface area contributed by atoms with Gasteiger partial charge in [-0.25, -0.2) is 0 Å². The van der Waals surface area contributed by atoms with Crippen LogP contribution >= 0.6 is 0 Å². The van der Waals surface area contributed by atoms with E-state index in [2.05, 4.69) is 23.6 Å². The van der Waals surface area contributed by atoms with Crippen molar-refractivity contribution in [2.75, 3.05) is 26.2 Å². The number of aliphatic hydroxyl groups is 1. The van der Waals surface area contributed by atoms with Gasteiger partial charge in [0.2, 0.25) is 0 Å². The molecule has 0 aromatic rings. The van der Waals surface area contributed by atoms with Gasteiger partial charge in [-0.05, 0) is 6.42 Å². The van der Waals surface area contributed by atoms with E-state index >= 15 is 0 Å². The molecule has 3 fully saturated rings. The van der Waals surface area contributed by atoms with E-state index in [0.29, 0.717) is 5.66 Å². The van der Waals surface area contributed by atoms with Crippen molar-refractivity contribution in [3.8, 4) is 0 Å². The van der Waals surface area contributed by atoms with Crippen molar-refractivity contribution in [3.63, 3.8) is 0 Å². The summed E-state index contributed by atoms with van der Waals surface area (Å²) in [5.74, 6) is 1.65. The zero-order valence-corrected chi connectivity index (χ0v) is 9.11. The third-order valence-corrected chi connectivity index (χ3v) is 4.63. The maximum Gasteiger partial charge on any atom is 0.0819 e. The minimum atomic E-state index is -0.117. The van der Waals surface area contributed by atoms with Crippen molar-refractivity contribution in [3.05, 3.63) is 0 Å². The molecule has 0 aliphatic carbocycles. The third-order valence-electron chi connectivity index (χ3n) is 4.63. The Hall–Kier alpha value is -0.120. The van der Waals surface area contributed by atoms with E-state index in [4.69, 9.17) is 0 Å². The fraction of sp³-hybridized carbons (Fsp3) is 1.00. The predicted octanol–water partition coefficient (Wildman–Crippen LogP) is 0.351. The van der Waals surface area contributed by atoms with Gasteiger partial charge in [-0.15, -0.1) is 0 Å². The molecule has 3 nitrogen and oxygen atoms in total. The van der Waals surface area contributed by atoms with Crippen LogP contribution in [0, 0.1) is 11.8 Å². The summed E-state index contributed by atoms with van der Waals surface area (Å²) in [6.07, 6.45) is 1.17. The molecule has 4 atom stereocenters. The maximum absolute atomic E-state index is 9.71. The summed E-state index contributed by atoms with van der Waals surface area (Å²) < 4.78 is 0. The molecule has 3 heteroatoms. The van der Waals surface area contributed by atoms with Crippen molar-refractivity contribution in [2.45, 2.75) is 32.0 Å². The second kappa shape index (κ2) is 2.71. The van der Waals surface area contributed by atoms with Crippen LogP contribution in [0.3, 0.4) is 0 Å². The molecule has 14 heavy (non-hydrogen) atoms. The first-order valence-corrected chi connectivity index (χ1v) is 5.87. The van der Waals surface area contributed by atoms with E-state index in [9.17, 15) is 5.11 Å². The van der Waals surface area contributed by atoms with Crippen LogP contribution in [-0.2, 0) is 0 Å². The summed E-state index contributed by atoms with van der Waals surface area (Å²) in [5, 5.41) is 9.71. The number of aliphatic hydroxyl groups excluding tert-OH is 1. The lowest BCUT2D eigenvalue weighted by Gasteiger charge is -2.75. The Labute approximate surface area is 85.7 Å². The van der Waals surface area contributed by atoms with E-state index < -0.39 is 0 Å². The van der Waals surface area contributed by atoms with Gasteiger partial charge in [0.05, 0.1) is 11.8 Å². The van der Waals surface area contributed by atoms with Crippen LogP contribution in [0.15, 0.2) is 0 Å². The molecule has 0 bridgehead atoms. The zero-order chi connectivity index (χ0) is 9.92. The van der Waals surface area contributed by atoms with Gasteiger partial charge in [0.25, 0.3) is 0 Å². The molecule has 3 aliphatic rings. The molecule has 0 aromatic carbocycles. The van der Waals surface area contributed by atoms with Crippen LogP contribution < -0.4 is 0 Å². The van der Waals surface area contributed by atoms with E-state index in [1.165, 1.54) is 19.5 Å². The number of hydrogen-bond acceptors (Lipinski definition) is 3. The second-order valence-electron chi connectivity index (χ2n) is 5.25. The van der Waals surface area contributed by atoms with Crippen molar-refractivity contribution in [1.82, 2.24) is 9.80 Å². The molecule has 3 heterocycles. The summed E-state index contributed by atoms with van der Waals surface area (Å²) >= 11 is 0. The molecule has 4 unspecified atom stereocenters. The van der Waals surface area contributed by atoms with Gasteiger partial charge in [-0.1, -0.05) is 13.8 Å². The van der Waals surface area contributed by atoms with Crippen molar-refractivity contribution in [2.24, 2.45) is 11.8 Å². The summed E-state index contributed by atoms with van der Waals surface area (Å²) in [7, 11) is 0. The monoisotopic (exact) mass is 196 g/mol. The minimum Gasteiger partial charge on any atom is -0.390 e. The first-order chi connectivity index (χ1) is 6.69. The predicted molar refractivity (Wildman–Crippen MR) is 54.8 cm³/mol. The van der Waals surface area contributed by atoms with Crippen molar-refractivity contribution in [1.29, 1.82) is 0 Å². The van der Waals surface area contributed by atoms with E-state index in [-0.39, 0.29) is 6.10 Å². The Morgan fingerprint density at radius 2 is 1.86 bits per heavy atom. The minimum absolute atomic E-state index is 0.117. The molecule has 3 rings (SSSR count). The normalized spacial score (nSPS) is 52.9. The van der Waals surface area contributed by atoms with Gasteiger partial charge in [-0.2, -0.15) is 0 Å². The summed E-state index contributed by atoms with van der Waals surface area (Å²) in [4.78, 5) is 5.01. The van der Waals surface area contributed by atoms with E-state index in [1.54, 1.807) is 0 Å². The van der Waals surface area contributed by atoms with Gasteiger partial charge in [0.1, 0.15) is 0 Å². The molecular weight excluding hydrogens is 176 g/mol. The fourth-order valence-corrected chi connectivity index (χ4v) is 4.11. The smallest absolute Gasteiger partial charge is 0.0819 e. The third kappa shape index (κ3) is 0.802. The molecule has 1 spiro atoms. The Bertz CT molecular complexity index is 248. The van der Waals surface area contributed by atoms with Crippen molar-refractivity contribution >= 4 is 0 Å². The van der Waals surface area contributed by atoms with Gasteiger partial charge in [-0.3, -0.25) is 9.80 Å². The first-order valence-electron chi connectivity index (χ1n) is 5.87. The van der Waals surface area contributed by atoms with Crippen LogP contribution in [0.4, 0.5) is 0 Å². The maximum atomic E-state index is 9.71. The summed E-state index contributed by atoms with van der Waals surface area (Å²) in [6, 6.07) is 0. The second-order valence-corrected chi connectivity index (χ2v) is 5.25. The molecule has 0 radical (unpaired) electrons. The molecule has 0 saturated carbocycles. The van der Waals surface area contributed by atoms with Crippen LogP contribution in [0.5, 0.6) is 0 Å². The van der Waals surface area contributed by atoms with E-state index in [1.807, 2.05) is 0 Å². The first kappa shape index (κ1) is 9.13. The van der Waals surface area contributed by atoms with Gasteiger partial charge in [0.15, 0.2) is 0 Å². The lowest BCUT2D eigenvalue weighted by atomic mass is 9.63. The van der Waals surface area contributed by atoms with Crippen LogP contribution in [-0.4, -0.2) is 52.9 Å². The van der Waals surface area contributed by atoms with Crippen LogP contribution in [0.1, 0.15) is 20.3 Å². The number of nitrogens with zero attached hydrogens (tertiary/aromatic N) is 2. The highest BCUT2D eigenvalue weighted by Gasteiger charge is 2.66. The molecule has 3 aliphatic heterocycles. The SMILES string of the molecule is CCC1CN2CC(O)CN3CC(C)C132. The average molecular weight is 196 g/mol. The Morgan fingerprint density at radius 1 is 1.21 bits per heavy atom. The fourth-order valence-electron chi connectivity index (χ4n) is 4.11. The highest BCUT2D eigenvalue weighted by atomic mass is 16.3. The largest absolute Gasteiger partial charge is 0.390 e. The van der Waals surface area contributed by atoms with Gasteiger partial charge in [0, 0.05) is 38.0 Å². The molecule has 3 saturated heterocycles. The zero-order valence-electron chi connectivity index (χ0n) is 9.11.